The van der Waals surface area contributed by atoms with Crippen molar-refractivity contribution in [2.24, 2.45) is 7.05 Å². The lowest BCUT2D eigenvalue weighted by atomic mass is 10.1. The third-order valence-electron chi connectivity index (χ3n) is 5.09. The standard InChI is InChI=1S/C23H20N8O2/c1-14-11-26-23(29-19-7-9-27-31(19)2)30-20(14)18-13-33-22(28-18)21(32)25-12-15-5-6-17-16(10-15)4-3-8-24-17/h3-11,13H,12H2,1-2H3,(H,25,32)(H,26,29,30). The van der Waals surface area contributed by atoms with Crippen LogP contribution in [-0.4, -0.2) is 35.6 Å². The van der Waals surface area contributed by atoms with Gasteiger partial charge in [-0.2, -0.15) is 5.10 Å². The number of anilines is 2. The summed E-state index contributed by atoms with van der Waals surface area (Å²) in [4.78, 5) is 30.1. The highest BCUT2D eigenvalue weighted by Crippen LogP contribution is 2.22. The third-order valence-corrected chi connectivity index (χ3v) is 5.09. The van der Waals surface area contributed by atoms with Crippen molar-refractivity contribution >= 4 is 28.6 Å². The lowest BCUT2D eigenvalue weighted by Crippen LogP contribution is -2.23. The van der Waals surface area contributed by atoms with Crippen LogP contribution in [0.1, 0.15) is 21.8 Å². The van der Waals surface area contributed by atoms with E-state index in [2.05, 4.69) is 35.7 Å². The highest BCUT2D eigenvalue weighted by molar-refractivity contribution is 5.90. The zero-order chi connectivity index (χ0) is 22.8. The molecule has 1 amide bonds. The molecule has 0 aliphatic rings. The summed E-state index contributed by atoms with van der Waals surface area (Å²) in [5, 5.41) is 11.1. The first kappa shape index (κ1) is 20.3. The zero-order valence-electron chi connectivity index (χ0n) is 18.0. The van der Waals surface area contributed by atoms with Gasteiger partial charge in [0, 0.05) is 37.4 Å². The molecule has 0 bridgehead atoms. The van der Waals surface area contributed by atoms with Crippen molar-refractivity contribution in [2.45, 2.75) is 13.5 Å². The fourth-order valence-electron chi connectivity index (χ4n) is 3.35. The van der Waals surface area contributed by atoms with Crippen molar-refractivity contribution in [1.29, 1.82) is 0 Å². The molecule has 164 valence electrons. The maximum Gasteiger partial charge on any atom is 0.307 e. The number of hydrogen-bond donors (Lipinski definition) is 2. The van der Waals surface area contributed by atoms with E-state index < -0.39 is 5.91 Å². The van der Waals surface area contributed by atoms with E-state index in [4.69, 9.17) is 4.42 Å². The quantitative estimate of drug-likeness (QED) is 0.412. The molecule has 0 aliphatic carbocycles. The van der Waals surface area contributed by atoms with E-state index in [1.807, 2.05) is 50.4 Å². The molecule has 1 aromatic carbocycles. The van der Waals surface area contributed by atoms with Crippen molar-refractivity contribution in [1.82, 2.24) is 35.0 Å². The lowest BCUT2D eigenvalue weighted by molar-refractivity contribution is 0.0916. The van der Waals surface area contributed by atoms with Crippen LogP contribution in [0.3, 0.4) is 0 Å². The van der Waals surface area contributed by atoms with Crippen molar-refractivity contribution in [2.75, 3.05) is 5.32 Å². The Morgan fingerprint density at radius 3 is 2.88 bits per heavy atom. The van der Waals surface area contributed by atoms with Crippen molar-refractivity contribution < 1.29 is 9.21 Å². The van der Waals surface area contributed by atoms with E-state index in [9.17, 15) is 4.79 Å². The topological polar surface area (TPSA) is 124 Å². The molecule has 4 heterocycles. The van der Waals surface area contributed by atoms with Gasteiger partial charge < -0.3 is 15.1 Å². The van der Waals surface area contributed by atoms with Crippen LogP contribution in [0, 0.1) is 6.92 Å². The van der Waals surface area contributed by atoms with Gasteiger partial charge in [0.25, 0.3) is 5.89 Å². The second-order valence-electron chi connectivity index (χ2n) is 7.44. The van der Waals surface area contributed by atoms with Crippen LogP contribution in [0.25, 0.3) is 22.3 Å². The molecule has 5 rings (SSSR count). The molecule has 0 unspecified atom stereocenters. The summed E-state index contributed by atoms with van der Waals surface area (Å²) in [5.41, 5.74) is 3.68. The minimum absolute atomic E-state index is 0.0355. The largest absolute Gasteiger partial charge is 0.440 e. The fourth-order valence-corrected chi connectivity index (χ4v) is 3.35. The summed E-state index contributed by atoms with van der Waals surface area (Å²) in [6.07, 6.45) is 6.53. The van der Waals surface area contributed by atoms with Crippen molar-refractivity contribution in [3.05, 3.63) is 78.3 Å². The zero-order valence-corrected chi connectivity index (χ0v) is 18.0. The van der Waals surface area contributed by atoms with Crippen LogP contribution in [0.2, 0.25) is 0 Å². The van der Waals surface area contributed by atoms with Gasteiger partial charge in [0.15, 0.2) is 0 Å². The molecular weight excluding hydrogens is 420 g/mol. The molecule has 33 heavy (non-hydrogen) atoms. The van der Waals surface area contributed by atoms with Gasteiger partial charge in [-0.15, -0.1) is 0 Å². The summed E-state index contributed by atoms with van der Waals surface area (Å²) in [7, 11) is 1.81. The Hall–Kier alpha value is -4.60. The molecule has 2 N–H and O–H groups in total. The second kappa shape index (κ2) is 8.50. The van der Waals surface area contributed by atoms with Crippen LogP contribution < -0.4 is 10.6 Å². The van der Waals surface area contributed by atoms with E-state index in [0.29, 0.717) is 23.9 Å². The van der Waals surface area contributed by atoms with E-state index in [1.165, 1.54) is 6.26 Å². The minimum atomic E-state index is -0.410. The van der Waals surface area contributed by atoms with Crippen LogP contribution >= 0.6 is 0 Å². The summed E-state index contributed by atoms with van der Waals surface area (Å²) in [6.45, 7) is 2.21. The summed E-state index contributed by atoms with van der Waals surface area (Å²) in [6, 6.07) is 11.5. The maximum absolute atomic E-state index is 12.6. The molecule has 0 fully saturated rings. The normalized spacial score (nSPS) is 11.0. The van der Waals surface area contributed by atoms with Gasteiger partial charge >= 0.3 is 5.91 Å². The number of nitrogens with zero attached hydrogens (tertiary/aromatic N) is 6. The van der Waals surface area contributed by atoms with E-state index in [1.54, 1.807) is 23.3 Å². The lowest BCUT2D eigenvalue weighted by Gasteiger charge is -2.07. The van der Waals surface area contributed by atoms with Gasteiger partial charge in [0.05, 0.1) is 11.7 Å². The highest BCUT2D eigenvalue weighted by atomic mass is 16.4. The van der Waals surface area contributed by atoms with Gasteiger partial charge in [-0.1, -0.05) is 12.1 Å². The highest BCUT2D eigenvalue weighted by Gasteiger charge is 2.17. The van der Waals surface area contributed by atoms with Gasteiger partial charge in [0.2, 0.25) is 5.95 Å². The molecule has 5 aromatic rings. The Bertz CT molecular complexity index is 1460. The van der Waals surface area contributed by atoms with Gasteiger partial charge in [-0.3, -0.25) is 14.5 Å². The van der Waals surface area contributed by atoms with Crippen LogP contribution in [0.5, 0.6) is 0 Å². The monoisotopic (exact) mass is 440 g/mol. The Morgan fingerprint density at radius 1 is 1.12 bits per heavy atom. The Balaban J connectivity index is 1.30. The van der Waals surface area contributed by atoms with Gasteiger partial charge in [0.1, 0.15) is 23.5 Å². The number of carbonyl (C=O) groups excluding carboxylic acids is 1. The number of carbonyl (C=O) groups is 1. The molecule has 10 nitrogen and oxygen atoms in total. The number of nitrogens with one attached hydrogen (secondary N) is 2. The second-order valence-corrected chi connectivity index (χ2v) is 7.44. The molecule has 10 heteroatoms. The number of aromatic nitrogens is 6. The van der Waals surface area contributed by atoms with Crippen molar-refractivity contribution in [3.63, 3.8) is 0 Å². The smallest absolute Gasteiger partial charge is 0.307 e. The fraction of sp³-hybridized carbons (Fsp3) is 0.130. The minimum Gasteiger partial charge on any atom is -0.440 e. The summed E-state index contributed by atoms with van der Waals surface area (Å²) in [5.74, 6) is 0.688. The average Bonchev–Trinajstić information content (AvgIpc) is 3.48. The SMILES string of the molecule is Cc1cnc(Nc2ccnn2C)nc1-c1coc(C(=O)NCc2ccc3ncccc3c2)n1. The number of pyridine rings is 1. The maximum atomic E-state index is 12.6. The summed E-state index contributed by atoms with van der Waals surface area (Å²) >= 11 is 0. The van der Waals surface area contributed by atoms with Gasteiger partial charge in [-0.25, -0.2) is 15.0 Å². The first-order valence-electron chi connectivity index (χ1n) is 10.2. The molecule has 0 saturated heterocycles. The van der Waals surface area contributed by atoms with E-state index in [0.717, 1.165) is 27.8 Å². The van der Waals surface area contributed by atoms with Crippen molar-refractivity contribution in [3.8, 4) is 11.4 Å². The Labute approximate surface area is 188 Å². The summed E-state index contributed by atoms with van der Waals surface area (Å²) < 4.78 is 7.11. The number of oxazole rings is 1. The molecule has 4 aromatic heterocycles. The molecule has 0 atom stereocenters. The van der Waals surface area contributed by atoms with Crippen LogP contribution in [0.4, 0.5) is 11.8 Å². The predicted molar refractivity (Wildman–Crippen MR) is 122 cm³/mol. The number of benzene rings is 1. The van der Waals surface area contributed by atoms with Gasteiger partial charge in [-0.05, 0) is 36.2 Å². The average molecular weight is 440 g/mol. The number of amides is 1. The first-order valence-corrected chi connectivity index (χ1v) is 10.2. The molecule has 0 radical (unpaired) electrons. The molecular formula is C23H20N8O2. The van der Waals surface area contributed by atoms with Crippen LogP contribution in [0.15, 0.2) is 65.7 Å². The predicted octanol–water partition coefficient (Wildman–Crippen LogP) is 3.40. The number of rotatable bonds is 6. The number of aryl methyl sites for hydroxylation is 2. The Kier molecular flexibility index (Phi) is 5.23. The van der Waals surface area contributed by atoms with E-state index in [-0.39, 0.29) is 5.89 Å². The Morgan fingerprint density at radius 2 is 2.03 bits per heavy atom. The third kappa shape index (κ3) is 4.26. The number of fused-ring (bicyclic) bond motifs is 1. The van der Waals surface area contributed by atoms with Crippen LogP contribution in [-0.2, 0) is 13.6 Å². The van der Waals surface area contributed by atoms with E-state index >= 15 is 0 Å². The number of hydrogen-bond acceptors (Lipinski definition) is 8. The molecule has 0 saturated carbocycles. The molecule has 0 aliphatic heterocycles. The molecule has 0 spiro atoms. The first-order chi connectivity index (χ1) is 16.1.